The first kappa shape index (κ1) is 19.6. The average Bonchev–Trinajstić information content (AvgIpc) is 3.28. The molecule has 4 rings (SSSR count). The molecule has 0 saturated carbocycles. The number of nitrogens with zero attached hydrogens (tertiary/aromatic N) is 1. The van der Waals surface area contributed by atoms with Gasteiger partial charge >= 0.3 is 0 Å². The van der Waals surface area contributed by atoms with E-state index in [1.165, 1.54) is 28.2 Å². The third-order valence-electron chi connectivity index (χ3n) is 4.71. The Bertz CT molecular complexity index is 1180. The first-order chi connectivity index (χ1) is 13.9. The largest absolute Gasteiger partial charge is 0.488 e. The number of thiophene rings is 1. The second-order valence-corrected chi connectivity index (χ2v) is 9.17. The summed E-state index contributed by atoms with van der Waals surface area (Å²) in [5, 5.41) is 5.51. The van der Waals surface area contributed by atoms with Crippen LogP contribution < -0.4 is 10.1 Å². The number of hydrogen-bond acceptors (Lipinski definition) is 5. The molecule has 4 aromatic rings. The fourth-order valence-corrected chi connectivity index (χ4v) is 5.15. The summed E-state index contributed by atoms with van der Waals surface area (Å²) in [6, 6.07) is 12.2. The van der Waals surface area contributed by atoms with E-state index in [2.05, 4.69) is 43.2 Å². The van der Waals surface area contributed by atoms with Gasteiger partial charge in [0.25, 0.3) is 5.91 Å². The smallest absolute Gasteiger partial charge is 0.267 e. The Morgan fingerprint density at radius 3 is 2.55 bits per heavy atom. The van der Waals surface area contributed by atoms with Crippen LogP contribution in [0, 0.1) is 27.7 Å². The van der Waals surface area contributed by atoms with E-state index < -0.39 is 0 Å². The van der Waals surface area contributed by atoms with Crippen LogP contribution in [-0.2, 0) is 6.61 Å². The van der Waals surface area contributed by atoms with Crippen molar-refractivity contribution in [2.24, 2.45) is 0 Å². The monoisotopic (exact) mass is 422 g/mol. The molecule has 0 fully saturated rings. The van der Waals surface area contributed by atoms with Crippen LogP contribution >= 0.6 is 22.7 Å². The number of carbonyl (C=O) groups is 1. The van der Waals surface area contributed by atoms with Crippen LogP contribution in [0.2, 0.25) is 0 Å². The van der Waals surface area contributed by atoms with E-state index in [0.717, 1.165) is 38.2 Å². The molecule has 1 N–H and O–H groups in total. The molecule has 0 spiro atoms. The number of nitrogens with one attached hydrogen (secondary N) is 1. The molecule has 0 radical (unpaired) electrons. The zero-order valence-corrected chi connectivity index (χ0v) is 18.5. The van der Waals surface area contributed by atoms with Gasteiger partial charge in [0, 0.05) is 5.56 Å². The molecule has 29 heavy (non-hydrogen) atoms. The summed E-state index contributed by atoms with van der Waals surface area (Å²) in [5.41, 5.74) is 6.52. The third kappa shape index (κ3) is 4.18. The summed E-state index contributed by atoms with van der Waals surface area (Å²) in [5.74, 6) is 0.776. The number of aryl methyl sites for hydroxylation is 4. The van der Waals surface area contributed by atoms with Gasteiger partial charge in [-0.05, 0) is 61.9 Å². The van der Waals surface area contributed by atoms with Crippen molar-refractivity contribution in [3.63, 3.8) is 0 Å². The van der Waals surface area contributed by atoms with Crippen molar-refractivity contribution < 1.29 is 9.53 Å². The Morgan fingerprint density at radius 2 is 1.83 bits per heavy atom. The molecule has 0 bridgehead atoms. The fourth-order valence-electron chi connectivity index (χ4n) is 3.42. The molecule has 0 aliphatic heterocycles. The van der Waals surface area contributed by atoms with Crippen LogP contribution in [0.15, 0.2) is 41.8 Å². The highest BCUT2D eigenvalue weighted by Gasteiger charge is 2.14. The van der Waals surface area contributed by atoms with E-state index in [-0.39, 0.29) is 5.91 Å². The predicted molar refractivity (Wildman–Crippen MR) is 122 cm³/mol. The molecule has 0 atom stereocenters. The number of aromatic nitrogens is 1. The van der Waals surface area contributed by atoms with Crippen LogP contribution in [0.1, 0.15) is 37.5 Å². The molecule has 0 saturated heterocycles. The van der Waals surface area contributed by atoms with E-state index in [1.54, 1.807) is 0 Å². The summed E-state index contributed by atoms with van der Waals surface area (Å²) in [6.45, 7) is 8.66. The van der Waals surface area contributed by atoms with Crippen molar-refractivity contribution in [2.45, 2.75) is 34.3 Å². The van der Waals surface area contributed by atoms with Gasteiger partial charge < -0.3 is 4.74 Å². The molecule has 0 unspecified atom stereocenters. The highest BCUT2D eigenvalue weighted by molar-refractivity contribution is 7.22. The van der Waals surface area contributed by atoms with Crippen LogP contribution in [-0.4, -0.2) is 10.9 Å². The SMILES string of the molecule is Cc1cc(C)c(OCc2csc(C(=O)Nc3nc4c(C)cccc4s3)c2)c(C)c1. The lowest BCUT2D eigenvalue weighted by atomic mass is 10.1. The predicted octanol–water partition coefficient (Wildman–Crippen LogP) is 6.42. The number of amides is 1. The number of ether oxygens (including phenoxy) is 1. The highest BCUT2D eigenvalue weighted by atomic mass is 32.1. The van der Waals surface area contributed by atoms with E-state index >= 15 is 0 Å². The summed E-state index contributed by atoms with van der Waals surface area (Å²) in [6.07, 6.45) is 0. The summed E-state index contributed by atoms with van der Waals surface area (Å²) in [4.78, 5) is 17.8. The maximum absolute atomic E-state index is 12.6. The summed E-state index contributed by atoms with van der Waals surface area (Å²) < 4.78 is 7.11. The third-order valence-corrected chi connectivity index (χ3v) is 6.62. The van der Waals surface area contributed by atoms with Gasteiger partial charge in [-0.3, -0.25) is 10.1 Å². The van der Waals surface area contributed by atoms with Gasteiger partial charge in [-0.2, -0.15) is 0 Å². The molecule has 6 heteroatoms. The maximum Gasteiger partial charge on any atom is 0.267 e. The lowest BCUT2D eigenvalue weighted by Crippen LogP contribution is -2.09. The summed E-state index contributed by atoms with van der Waals surface area (Å²) >= 11 is 2.91. The molecule has 148 valence electrons. The van der Waals surface area contributed by atoms with Crippen molar-refractivity contribution in [1.29, 1.82) is 0 Å². The summed E-state index contributed by atoms with van der Waals surface area (Å²) in [7, 11) is 0. The minimum atomic E-state index is -0.138. The minimum absolute atomic E-state index is 0.138. The Balaban J connectivity index is 1.44. The minimum Gasteiger partial charge on any atom is -0.488 e. The Labute approximate surface area is 178 Å². The molecule has 2 aromatic heterocycles. The topological polar surface area (TPSA) is 51.2 Å². The number of rotatable bonds is 5. The van der Waals surface area contributed by atoms with Crippen molar-refractivity contribution >= 4 is 43.9 Å². The zero-order valence-electron chi connectivity index (χ0n) is 16.8. The Morgan fingerprint density at radius 1 is 1.07 bits per heavy atom. The van der Waals surface area contributed by atoms with Crippen LogP contribution in [0.4, 0.5) is 5.13 Å². The van der Waals surface area contributed by atoms with Gasteiger partial charge in [-0.1, -0.05) is 41.2 Å². The number of fused-ring (bicyclic) bond motifs is 1. The Hall–Kier alpha value is -2.70. The normalized spacial score (nSPS) is 11.0. The van der Waals surface area contributed by atoms with Crippen molar-refractivity contribution in [3.05, 3.63) is 74.5 Å². The van der Waals surface area contributed by atoms with Crippen molar-refractivity contribution in [3.8, 4) is 5.75 Å². The van der Waals surface area contributed by atoms with Crippen molar-refractivity contribution in [1.82, 2.24) is 4.98 Å². The van der Waals surface area contributed by atoms with E-state index in [9.17, 15) is 4.79 Å². The van der Waals surface area contributed by atoms with Gasteiger partial charge in [0.1, 0.15) is 12.4 Å². The van der Waals surface area contributed by atoms with Gasteiger partial charge in [0.05, 0.1) is 15.1 Å². The second-order valence-electron chi connectivity index (χ2n) is 7.23. The second kappa shape index (κ2) is 7.97. The van der Waals surface area contributed by atoms with Crippen LogP contribution in [0.5, 0.6) is 5.75 Å². The Kier molecular flexibility index (Phi) is 5.39. The quantitative estimate of drug-likeness (QED) is 0.403. The molecule has 0 aliphatic carbocycles. The molecular weight excluding hydrogens is 400 g/mol. The average molecular weight is 423 g/mol. The number of carbonyl (C=O) groups excluding carboxylic acids is 1. The molecule has 2 heterocycles. The molecule has 1 amide bonds. The zero-order chi connectivity index (χ0) is 20.5. The van der Waals surface area contributed by atoms with E-state index in [0.29, 0.717) is 16.6 Å². The molecule has 4 nitrogen and oxygen atoms in total. The highest BCUT2D eigenvalue weighted by Crippen LogP contribution is 2.29. The maximum atomic E-state index is 12.6. The van der Waals surface area contributed by atoms with Gasteiger partial charge in [0.2, 0.25) is 0 Å². The van der Waals surface area contributed by atoms with Crippen molar-refractivity contribution in [2.75, 3.05) is 5.32 Å². The van der Waals surface area contributed by atoms with E-state index in [1.807, 2.05) is 36.6 Å². The number of hydrogen-bond donors (Lipinski definition) is 1. The lowest BCUT2D eigenvalue weighted by molar-refractivity contribution is 0.103. The first-order valence-corrected chi connectivity index (χ1v) is 11.1. The van der Waals surface area contributed by atoms with Crippen LogP contribution in [0.3, 0.4) is 0 Å². The molecule has 0 aliphatic rings. The van der Waals surface area contributed by atoms with Gasteiger partial charge in [-0.25, -0.2) is 4.98 Å². The number of benzene rings is 2. The number of para-hydroxylation sites is 1. The standard InChI is InChI=1S/C23H22N2O2S2/c1-13-8-15(3)21(16(4)9-13)27-11-17-10-19(28-12-17)22(26)25-23-24-20-14(2)6-5-7-18(20)29-23/h5-10,12H,11H2,1-4H3,(H,24,25,26). The van der Waals surface area contributed by atoms with Crippen LogP contribution in [0.25, 0.3) is 10.2 Å². The molecule has 2 aromatic carbocycles. The lowest BCUT2D eigenvalue weighted by Gasteiger charge is -2.12. The first-order valence-electron chi connectivity index (χ1n) is 9.36. The fraction of sp³-hybridized carbons (Fsp3) is 0.217. The van der Waals surface area contributed by atoms with Gasteiger partial charge in [0.15, 0.2) is 5.13 Å². The number of thiazole rings is 1. The van der Waals surface area contributed by atoms with E-state index in [4.69, 9.17) is 4.74 Å². The number of anilines is 1. The van der Waals surface area contributed by atoms with Gasteiger partial charge in [-0.15, -0.1) is 11.3 Å². The molecular formula is C23H22N2O2S2.